The summed E-state index contributed by atoms with van der Waals surface area (Å²) in [7, 11) is 0. The number of benzene rings is 2. The van der Waals surface area contributed by atoms with E-state index in [9.17, 15) is 15.2 Å². The van der Waals surface area contributed by atoms with Crippen LogP contribution in [-0.2, 0) is 6.54 Å². The van der Waals surface area contributed by atoms with Gasteiger partial charge in [0.05, 0.1) is 11.5 Å². The van der Waals surface area contributed by atoms with Gasteiger partial charge in [0.1, 0.15) is 10.9 Å². The minimum Gasteiger partial charge on any atom is -0.478 e. The molecule has 0 aliphatic rings. The van der Waals surface area contributed by atoms with Crippen LogP contribution in [-0.4, -0.2) is 15.6 Å². The van der Waals surface area contributed by atoms with Crippen molar-refractivity contribution in [2.75, 3.05) is 0 Å². The highest BCUT2D eigenvalue weighted by atomic mass is 32.1. The first kappa shape index (κ1) is 19.9. The van der Waals surface area contributed by atoms with Gasteiger partial charge < -0.3 is 9.67 Å². The van der Waals surface area contributed by atoms with E-state index in [2.05, 4.69) is 17.6 Å². The molecule has 2 aromatic carbocycles. The fraction of sp³-hybridized carbons (Fsp3) is 0.200. The fourth-order valence-corrected chi connectivity index (χ4v) is 4.90. The van der Waals surface area contributed by atoms with Crippen LogP contribution in [0.15, 0.2) is 66.0 Å². The van der Waals surface area contributed by atoms with E-state index in [0.717, 1.165) is 47.1 Å². The second kappa shape index (κ2) is 8.56. The molecule has 4 rings (SSSR count). The molecule has 1 N–H and O–H groups in total. The molecule has 0 radical (unpaired) electrons. The van der Waals surface area contributed by atoms with Gasteiger partial charge in [0, 0.05) is 23.1 Å². The van der Waals surface area contributed by atoms with E-state index in [1.54, 1.807) is 0 Å². The SMILES string of the molecule is CCCCn1c(C(c2ccccc2)c2ccsc2C#N)c(C(=O)O)c2ccccc21. The number of carboxylic acids is 1. The number of para-hydroxylation sites is 1. The molecule has 4 nitrogen and oxygen atoms in total. The second-order valence-corrected chi connectivity index (χ2v) is 8.16. The highest BCUT2D eigenvalue weighted by Crippen LogP contribution is 2.41. The molecule has 0 amide bonds. The summed E-state index contributed by atoms with van der Waals surface area (Å²) in [5.74, 6) is -1.27. The summed E-state index contributed by atoms with van der Waals surface area (Å²) in [5, 5.41) is 22.6. The number of thiophene rings is 1. The topological polar surface area (TPSA) is 66.0 Å². The summed E-state index contributed by atoms with van der Waals surface area (Å²) < 4.78 is 2.15. The minimum atomic E-state index is -0.939. The van der Waals surface area contributed by atoms with Gasteiger partial charge in [0.15, 0.2) is 0 Å². The van der Waals surface area contributed by atoms with E-state index >= 15 is 0 Å². The Bertz CT molecular complexity index is 1230. The predicted octanol–water partition coefficient (Wildman–Crippen LogP) is 6.25. The zero-order chi connectivity index (χ0) is 21.1. The number of hydrogen-bond acceptors (Lipinski definition) is 3. The Morgan fingerprint density at radius 2 is 1.87 bits per heavy atom. The van der Waals surface area contributed by atoms with E-state index in [1.165, 1.54) is 11.3 Å². The van der Waals surface area contributed by atoms with Gasteiger partial charge in [-0.05, 0) is 35.1 Å². The number of carboxylic acid groups (broad SMARTS) is 1. The number of nitrogens with zero attached hydrogens (tertiary/aromatic N) is 2. The largest absolute Gasteiger partial charge is 0.478 e. The highest BCUT2D eigenvalue weighted by molar-refractivity contribution is 7.10. The molecule has 150 valence electrons. The molecule has 0 saturated heterocycles. The Morgan fingerprint density at radius 3 is 2.57 bits per heavy atom. The molecule has 0 bridgehead atoms. The van der Waals surface area contributed by atoms with Crippen LogP contribution < -0.4 is 0 Å². The maximum absolute atomic E-state index is 12.5. The van der Waals surface area contributed by atoms with Gasteiger partial charge in [-0.25, -0.2) is 4.79 Å². The van der Waals surface area contributed by atoms with E-state index in [-0.39, 0.29) is 5.92 Å². The van der Waals surface area contributed by atoms with Crippen LogP contribution in [0.5, 0.6) is 0 Å². The van der Waals surface area contributed by atoms with Crippen LogP contribution in [0, 0.1) is 11.3 Å². The number of aromatic nitrogens is 1. The van der Waals surface area contributed by atoms with Crippen molar-refractivity contribution >= 4 is 28.2 Å². The Morgan fingerprint density at radius 1 is 1.13 bits per heavy atom. The van der Waals surface area contributed by atoms with Crippen molar-refractivity contribution in [3.8, 4) is 6.07 Å². The molecule has 0 aliphatic carbocycles. The number of carbonyl (C=O) groups is 1. The van der Waals surface area contributed by atoms with Crippen molar-refractivity contribution in [1.82, 2.24) is 4.57 Å². The molecular formula is C25H22N2O2S. The Labute approximate surface area is 179 Å². The summed E-state index contributed by atoms with van der Waals surface area (Å²) in [6, 6.07) is 21.8. The van der Waals surface area contributed by atoms with Crippen LogP contribution in [0.1, 0.15) is 57.7 Å². The Balaban J connectivity index is 2.11. The monoisotopic (exact) mass is 414 g/mol. The normalized spacial score (nSPS) is 12.0. The molecule has 2 heterocycles. The molecule has 30 heavy (non-hydrogen) atoms. The third-order valence-electron chi connectivity index (χ3n) is 5.47. The summed E-state index contributed by atoms with van der Waals surface area (Å²) in [5.41, 5.74) is 3.84. The molecule has 4 aromatic rings. The van der Waals surface area contributed by atoms with Gasteiger partial charge in [-0.15, -0.1) is 11.3 Å². The number of aromatic carboxylic acids is 1. The zero-order valence-corrected chi connectivity index (χ0v) is 17.5. The lowest BCUT2D eigenvalue weighted by molar-refractivity contribution is 0.0697. The third kappa shape index (κ3) is 3.40. The first-order chi connectivity index (χ1) is 14.7. The van der Waals surface area contributed by atoms with Crippen molar-refractivity contribution in [1.29, 1.82) is 5.26 Å². The molecular weight excluding hydrogens is 392 g/mol. The summed E-state index contributed by atoms with van der Waals surface area (Å²) >= 11 is 1.39. The quantitative estimate of drug-likeness (QED) is 0.388. The van der Waals surface area contributed by atoms with Gasteiger partial charge >= 0.3 is 5.97 Å². The van der Waals surface area contributed by atoms with E-state index in [4.69, 9.17) is 0 Å². The van der Waals surface area contributed by atoms with E-state index in [1.807, 2.05) is 66.0 Å². The standard InChI is InChI=1S/C25H22N2O2S/c1-2-3-14-27-20-12-8-7-11-18(20)23(25(28)29)24(27)22(17-9-5-4-6-10-17)19-13-15-30-21(19)16-26/h4-13,15,22H,2-3,14H2,1H3,(H,28,29). The van der Waals surface area contributed by atoms with Crippen molar-refractivity contribution < 1.29 is 9.90 Å². The van der Waals surface area contributed by atoms with Gasteiger partial charge in [0.25, 0.3) is 0 Å². The van der Waals surface area contributed by atoms with E-state index in [0.29, 0.717) is 10.4 Å². The number of nitriles is 1. The third-order valence-corrected chi connectivity index (χ3v) is 6.31. The molecule has 0 fully saturated rings. The average Bonchev–Trinajstić information content (AvgIpc) is 3.36. The first-order valence-corrected chi connectivity index (χ1v) is 10.9. The lowest BCUT2D eigenvalue weighted by atomic mass is 9.86. The van der Waals surface area contributed by atoms with Crippen LogP contribution >= 0.6 is 11.3 Å². The van der Waals surface area contributed by atoms with Crippen LogP contribution in [0.4, 0.5) is 0 Å². The second-order valence-electron chi connectivity index (χ2n) is 7.25. The smallest absolute Gasteiger partial charge is 0.338 e. The molecule has 1 unspecified atom stereocenters. The summed E-state index contributed by atoms with van der Waals surface area (Å²) in [6.45, 7) is 2.86. The maximum atomic E-state index is 12.5. The average molecular weight is 415 g/mol. The summed E-state index contributed by atoms with van der Waals surface area (Å²) in [4.78, 5) is 13.1. The predicted molar refractivity (Wildman–Crippen MR) is 120 cm³/mol. The number of fused-ring (bicyclic) bond motifs is 1. The van der Waals surface area contributed by atoms with Crippen molar-refractivity contribution in [2.24, 2.45) is 0 Å². The number of rotatable bonds is 7. The number of hydrogen-bond donors (Lipinski definition) is 1. The van der Waals surface area contributed by atoms with Crippen molar-refractivity contribution in [2.45, 2.75) is 32.2 Å². The van der Waals surface area contributed by atoms with E-state index < -0.39 is 5.97 Å². The Kier molecular flexibility index (Phi) is 5.69. The fourth-order valence-electron chi connectivity index (χ4n) is 4.17. The molecule has 0 spiro atoms. The molecule has 2 aromatic heterocycles. The molecule has 0 saturated carbocycles. The van der Waals surface area contributed by atoms with Crippen molar-refractivity contribution in [3.63, 3.8) is 0 Å². The van der Waals surface area contributed by atoms with Crippen LogP contribution in [0.25, 0.3) is 10.9 Å². The maximum Gasteiger partial charge on any atom is 0.338 e. The number of aryl methyl sites for hydroxylation is 1. The van der Waals surface area contributed by atoms with Gasteiger partial charge in [-0.1, -0.05) is 61.9 Å². The lowest BCUT2D eigenvalue weighted by Crippen LogP contribution is -2.15. The first-order valence-electron chi connectivity index (χ1n) is 10.0. The van der Waals surface area contributed by atoms with Gasteiger partial charge in [-0.3, -0.25) is 0 Å². The van der Waals surface area contributed by atoms with Gasteiger partial charge in [-0.2, -0.15) is 5.26 Å². The summed E-state index contributed by atoms with van der Waals surface area (Å²) in [6.07, 6.45) is 1.95. The molecule has 0 aliphatic heterocycles. The molecule has 5 heteroatoms. The zero-order valence-electron chi connectivity index (χ0n) is 16.7. The number of unbranched alkanes of at least 4 members (excludes halogenated alkanes) is 1. The van der Waals surface area contributed by atoms with Crippen LogP contribution in [0.2, 0.25) is 0 Å². The highest BCUT2D eigenvalue weighted by Gasteiger charge is 2.31. The molecule has 1 atom stereocenters. The van der Waals surface area contributed by atoms with Gasteiger partial charge in [0.2, 0.25) is 0 Å². The Hall–Kier alpha value is -3.36. The minimum absolute atomic E-state index is 0.325. The lowest BCUT2D eigenvalue weighted by Gasteiger charge is -2.22. The van der Waals surface area contributed by atoms with Crippen LogP contribution in [0.3, 0.4) is 0 Å². The van der Waals surface area contributed by atoms with Crippen molar-refractivity contribution in [3.05, 3.63) is 93.3 Å².